The van der Waals surface area contributed by atoms with Crippen molar-refractivity contribution in [2.75, 3.05) is 0 Å². The largest absolute Gasteiger partial charge is 0.339 e. The molecule has 0 amide bonds. The molecule has 0 aromatic carbocycles. The third-order valence-electron chi connectivity index (χ3n) is 3.82. The molecule has 114 valence electrons. The molecule has 0 atom stereocenters. The Hall–Kier alpha value is -1.09. The average Bonchev–Trinajstić information content (AvgIpc) is 3.17. The number of rotatable bonds is 4. The van der Waals surface area contributed by atoms with Gasteiger partial charge in [-0.3, -0.25) is 0 Å². The summed E-state index contributed by atoms with van der Waals surface area (Å²) in [6, 6.07) is 2.08. The first-order chi connectivity index (χ1) is 10.6. The van der Waals surface area contributed by atoms with Crippen LogP contribution in [0.3, 0.4) is 0 Å². The Morgan fingerprint density at radius 3 is 2.82 bits per heavy atom. The summed E-state index contributed by atoms with van der Waals surface area (Å²) in [5, 5.41) is 9.14. The van der Waals surface area contributed by atoms with E-state index < -0.39 is 0 Å². The van der Waals surface area contributed by atoms with Gasteiger partial charge in [-0.25, -0.2) is 4.98 Å². The normalized spacial score (nSPS) is 16.6. The minimum absolute atomic E-state index is 0.377. The molecule has 3 aromatic rings. The van der Waals surface area contributed by atoms with Gasteiger partial charge >= 0.3 is 0 Å². The highest BCUT2D eigenvalue weighted by atomic mass is 79.9. The molecule has 3 aromatic heterocycles. The van der Waals surface area contributed by atoms with E-state index in [0.717, 1.165) is 39.3 Å². The molecule has 1 saturated carbocycles. The molecular weight excluding hydrogens is 384 g/mol. The molecule has 1 fully saturated rings. The maximum absolute atomic E-state index is 6.21. The number of thiazole rings is 1. The topological polar surface area (TPSA) is 77.8 Å². The first-order valence-electron chi connectivity index (χ1n) is 6.93. The van der Waals surface area contributed by atoms with Gasteiger partial charge in [-0.05, 0) is 41.3 Å². The molecule has 5 nitrogen and oxygen atoms in total. The minimum atomic E-state index is -0.377. The molecule has 2 N–H and O–H groups in total. The van der Waals surface area contributed by atoms with Crippen LogP contribution in [0.15, 0.2) is 25.8 Å². The van der Waals surface area contributed by atoms with Gasteiger partial charge in [-0.1, -0.05) is 5.16 Å². The molecule has 0 aliphatic heterocycles. The highest BCUT2D eigenvalue weighted by Gasteiger charge is 2.38. The van der Waals surface area contributed by atoms with Crippen molar-refractivity contribution in [3.8, 4) is 9.88 Å². The molecule has 3 heterocycles. The van der Waals surface area contributed by atoms with Crippen LogP contribution in [0.25, 0.3) is 9.88 Å². The zero-order valence-corrected chi connectivity index (χ0v) is 14.8. The van der Waals surface area contributed by atoms with Crippen LogP contribution in [0.2, 0.25) is 0 Å². The second-order valence-electron chi connectivity index (χ2n) is 5.47. The van der Waals surface area contributed by atoms with E-state index in [1.807, 2.05) is 5.38 Å². The Labute approximate surface area is 143 Å². The molecule has 1 aliphatic carbocycles. The quantitative estimate of drug-likeness (QED) is 0.722. The number of hydrogen-bond acceptors (Lipinski definition) is 7. The smallest absolute Gasteiger partial charge is 0.232 e. The first-order valence-corrected chi connectivity index (χ1v) is 9.48. The van der Waals surface area contributed by atoms with E-state index in [9.17, 15) is 0 Å². The van der Waals surface area contributed by atoms with E-state index in [-0.39, 0.29) is 5.54 Å². The van der Waals surface area contributed by atoms with Crippen LogP contribution in [0.5, 0.6) is 0 Å². The predicted molar refractivity (Wildman–Crippen MR) is 89.9 cm³/mol. The van der Waals surface area contributed by atoms with E-state index in [4.69, 9.17) is 10.3 Å². The van der Waals surface area contributed by atoms with Crippen molar-refractivity contribution in [3.05, 3.63) is 38.7 Å². The molecule has 0 saturated heterocycles. The molecule has 0 unspecified atom stereocenters. The molecule has 22 heavy (non-hydrogen) atoms. The molecular formula is C14H13BrN4OS2. The van der Waals surface area contributed by atoms with Gasteiger partial charge in [0.15, 0.2) is 5.82 Å². The summed E-state index contributed by atoms with van der Waals surface area (Å²) in [7, 11) is 0. The Balaban J connectivity index is 1.51. The molecule has 1 aliphatic rings. The number of nitrogens with zero attached hydrogens (tertiary/aromatic N) is 3. The van der Waals surface area contributed by atoms with Crippen molar-refractivity contribution in [2.45, 2.75) is 31.2 Å². The van der Waals surface area contributed by atoms with Crippen LogP contribution >= 0.6 is 38.6 Å². The third kappa shape index (κ3) is 2.64. The standard InChI is InChI=1S/C14H13BrN4OS2/c15-8-4-10(21-6-8)12-17-9(7-22-12)5-11-18-13(19-20-11)14(16)2-1-3-14/h4,6-7H,1-3,5,16H2. The molecule has 0 spiro atoms. The Bertz CT molecular complexity index is 805. The van der Waals surface area contributed by atoms with Gasteiger partial charge in [0.2, 0.25) is 5.89 Å². The lowest BCUT2D eigenvalue weighted by atomic mass is 9.77. The highest BCUT2D eigenvalue weighted by molar-refractivity contribution is 9.10. The zero-order valence-electron chi connectivity index (χ0n) is 11.6. The maximum Gasteiger partial charge on any atom is 0.232 e. The van der Waals surface area contributed by atoms with Gasteiger partial charge in [-0.15, -0.1) is 22.7 Å². The van der Waals surface area contributed by atoms with Crippen LogP contribution in [-0.2, 0) is 12.0 Å². The van der Waals surface area contributed by atoms with E-state index in [0.29, 0.717) is 18.1 Å². The fourth-order valence-electron chi connectivity index (χ4n) is 2.39. The van der Waals surface area contributed by atoms with Gasteiger partial charge in [0.25, 0.3) is 0 Å². The fraction of sp³-hybridized carbons (Fsp3) is 0.357. The van der Waals surface area contributed by atoms with Crippen molar-refractivity contribution in [2.24, 2.45) is 5.73 Å². The van der Waals surface area contributed by atoms with Gasteiger partial charge in [0.1, 0.15) is 5.01 Å². The van der Waals surface area contributed by atoms with Gasteiger partial charge in [0.05, 0.1) is 22.5 Å². The number of thiophene rings is 1. The van der Waals surface area contributed by atoms with E-state index >= 15 is 0 Å². The third-order valence-corrected chi connectivity index (χ3v) is 6.57. The molecule has 0 bridgehead atoms. The molecule has 0 radical (unpaired) electrons. The summed E-state index contributed by atoms with van der Waals surface area (Å²) in [4.78, 5) is 10.2. The Kier molecular flexibility index (Phi) is 3.64. The summed E-state index contributed by atoms with van der Waals surface area (Å²) in [6.07, 6.45) is 3.54. The van der Waals surface area contributed by atoms with E-state index in [1.54, 1.807) is 22.7 Å². The van der Waals surface area contributed by atoms with Gasteiger partial charge in [0, 0.05) is 15.2 Å². The second-order valence-corrected chi connectivity index (χ2v) is 8.16. The van der Waals surface area contributed by atoms with Crippen molar-refractivity contribution < 1.29 is 4.52 Å². The van der Waals surface area contributed by atoms with E-state index in [2.05, 4.69) is 42.5 Å². The highest BCUT2D eigenvalue weighted by Crippen LogP contribution is 2.37. The number of hydrogen-bond donors (Lipinski definition) is 1. The summed E-state index contributed by atoms with van der Waals surface area (Å²) in [5.74, 6) is 1.21. The summed E-state index contributed by atoms with van der Waals surface area (Å²) < 4.78 is 6.41. The first kappa shape index (κ1) is 14.5. The monoisotopic (exact) mass is 396 g/mol. The number of nitrogens with two attached hydrogens (primary N) is 1. The summed E-state index contributed by atoms with van der Waals surface area (Å²) in [5.41, 5.74) is 6.78. The van der Waals surface area contributed by atoms with Gasteiger partial charge in [-0.2, -0.15) is 4.98 Å². The van der Waals surface area contributed by atoms with Crippen molar-refractivity contribution in [1.82, 2.24) is 15.1 Å². The second kappa shape index (κ2) is 5.52. The predicted octanol–water partition coefficient (Wildman–Crippen LogP) is 3.95. The lowest BCUT2D eigenvalue weighted by Crippen LogP contribution is -2.44. The minimum Gasteiger partial charge on any atom is -0.339 e. The van der Waals surface area contributed by atoms with Crippen LogP contribution in [-0.4, -0.2) is 15.1 Å². The fourth-order valence-corrected chi connectivity index (χ4v) is 4.72. The Morgan fingerprint density at radius 1 is 1.27 bits per heavy atom. The molecule has 4 rings (SSSR count). The number of halogens is 1. The van der Waals surface area contributed by atoms with Crippen molar-refractivity contribution in [3.63, 3.8) is 0 Å². The van der Waals surface area contributed by atoms with Crippen molar-refractivity contribution >= 4 is 38.6 Å². The van der Waals surface area contributed by atoms with Gasteiger partial charge < -0.3 is 10.3 Å². The van der Waals surface area contributed by atoms with Crippen LogP contribution in [0, 0.1) is 0 Å². The van der Waals surface area contributed by atoms with E-state index in [1.165, 1.54) is 0 Å². The summed E-state index contributed by atoms with van der Waals surface area (Å²) in [6.45, 7) is 0. The van der Waals surface area contributed by atoms with Crippen LogP contribution in [0.1, 0.15) is 36.7 Å². The lowest BCUT2D eigenvalue weighted by molar-refractivity contribution is 0.229. The lowest BCUT2D eigenvalue weighted by Gasteiger charge is -2.34. The zero-order chi connectivity index (χ0) is 15.2. The number of aromatic nitrogens is 3. The maximum atomic E-state index is 6.21. The van der Waals surface area contributed by atoms with Crippen LogP contribution in [0.4, 0.5) is 0 Å². The molecule has 8 heteroatoms. The van der Waals surface area contributed by atoms with Crippen molar-refractivity contribution in [1.29, 1.82) is 0 Å². The van der Waals surface area contributed by atoms with Crippen LogP contribution < -0.4 is 5.73 Å². The SMILES string of the molecule is NC1(c2noc(Cc3csc(-c4cc(Br)cs4)n3)n2)CCC1. The average molecular weight is 397 g/mol. The Morgan fingerprint density at radius 2 is 2.14 bits per heavy atom. The summed E-state index contributed by atoms with van der Waals surface area (Å²) >= 11 is 6.77.